The molecule has 0 saturated carbocycles. The summed E-state index contributed by atoms with van der Waals surface area (Å²) in [5, 5.41) is 0. The number of aromatic amines is 1. The highest BCUT2D eigenvalue weighted by molar-refractivity contribution is 7.92. The van der Waals surface area contributed by atoms with Gasteiger partial charge in [0.05, 0.1) is 21.6 Å². The van der Waals surface area contributed by atoms with Gasteiger partial charge in [-0.25, -0.2) is 13.2 Å². The minimum Gasteiger partial charge on any atom is -0.338 e. The highest BCUT2D eigenvalue weighted by Crippen LogP contribution is 2.27. The number of amides is 1. The zero-order valence-electron chi connectivity index (χ0n) is 19.3. The zero-order valence-corrected chi connectivity index (χ0v) is 20.1. The molecular formula is C26H26N4O4S. The maximum Gasteiger partial charge on any atom is 0.326 e. The molecule has 9 heteroatoms. The second kappa shape index (κ2) is 9.07. The number of carbonyl (C=O) groups excluding carboxylic acids is 1. The number of aromatic nitrogens is 2. The van der Waals surface area contributed by atoms with E-state index in [1.807, 2.05) is 30.3 Å². The molecule has 0 radical (unpaired) electrons. The highest BCUT2D eigenvalue weighted by atomic mass is 32.2. The number of fused-ring (bicyclic) bond motifs is 1. The number of likely N-dealkylation sites (tertiary alicyclic amines) is 1. The average Bonchev–Trinajstić information content (AvgIpc) is 3.24. The van der Waals surface area contributed by atoms with E-state index in [1.54, 1.807) is 45.9 Å². The Balaban J connectivity index is 1.32. The Labute approximate surface area is 203 Å². The van der Waals surface area contributed by atoms with E-state index in [0.29, 0.717) is 37.2 Å². The molecule has 5 rings (SSSR count). The fourth-order valence-electron chi connectivity index (χ4n) is 4.67. The van der Waals surface area contributed by atoms with E-state index in [9.17, 15) is 18.0 Å². The number of H-pyrrole nitrogens is 1. The van der Waals surface area contributed by atoms with Crippen molar-refractivity contribution in [3.8, 4) is 0 Å². The monoisotopic (exact) mass is 490 g/mol. The van der Waals surface area contributed by atoms with Crippen LogP contribution in [0.1, 0.15) is 29.2 Å². The van der Waals surface area contributed by atoms with Crippen molar-refractivity contribution in [1.29, 1.82) is 0 Å². The van der Waals surface area contributed by atoms with Crippen LogP contribution in [0.3, 0.4) is 0 Å². The van der Waals surface area contributed by atoms with E-state index in [0.717, 1.165) is 11.0 Å². The van der Waals surface area contributed by atoms with Crippen molar-refractivity contribution in [2.45, 2.75) is 23.8 Å². The SMILES string of the molecule is CN(c1ccccc1)S(=O)(=O)c1cccc(C(=O)N2CCC(n3c(=O)[nH]c4ccccc43)CC2)c1. The number of nitrogens with one attached hydrogen (secondary N) is 1. The van der Waals surface area contributed by atoms with E-state index >= 15 is 0 Å². The van der Waals surface area contributed by atoms with Gasteiger partial charge in [0.1, 0.15) is 0 Å². The summed E-state index contributed by atoms with van der Waals surface area (Å²) in [5.41, 5.74) is 2.39. The molecule has 180 valence electrons. The maximum atomic E-state index is 13.2. The molecule has 35 heavy (non-hydrogen) atoms. The molecule has 1 aromatic heterocycles. The van der Waals surface area contributed by atoms with Crippen molar-refractivity contribution in [1.82, 2.24) is 14.5 Å². The number of nitrogens with zero attached hydrogens (tertiary/aromatic N) is 3. The Kier molecular flexibility index (Phi) is 5.94. The predicted octanol–water partition coefficient (Wildman–Crippen LogP) is 3.63. The molecule has 0 atom stereocenters. The van der Waals surface area contributed by atoms with Gasteiger partial charge >= 0.3 is 5.69 Å². The van der Waals surface area contributed by atoms with Crippen LogP contribution in [-0.4, -0.2) is 48.9 Å². The second-order valence-corrected chi connectivity index (χ2v) is 10.6. The number of carbonyl (C=O) groups is 1. The molecule has 0 bridgehead atoms. The van der Waals surface area contributed by atoms with Crippen LogP contribution in [0.5, 0.6) is 0 Å². The molecule has 1 N–H and O–H groups in total. The number of benzene rings is 3. The molecule has 3 aromatic carbocycles. The molecule has 2 heterocycles. The van der Waals surface area contributed by atoms with Crippen LogP contribution in [0, 0.1) is 0 Å². The molecule has 0 aliphatic carbocycles. The molecule has 8 nitrogen and oxygen atoms in total. The Morgan fingerprint density at radius 2 is 1.63 bits per heavy atom. The lowest BCUT2D eigenvalue weighted by Crippen LogP contribution is -2.40. The molecule has 0 unspecified atom stereocenters. The average molecular weight is 491 g/mol. The molecule has 1 saturated heterocycles. The molecule has 4 aromatic rings. The van der Waals surface area contributed by atoms with Gasteiger partial charge in [0.15, 0.2) is 0 Å². The molecule has 0 spiro atoms. The lowest BCUT2D eigenvalue weighted by atomic mass is 10.0. The van der Waals surface area contributed by atoms with Crippen LogP contribution in [-0.2, 0) is 10.0 Å². The Morgan fingerprint density at radius 3 is 2.37 bits per heavy atom. The quantitative estimate of drug-likeness (QED) is 0.462. The first kappa shape index (κ1) is 22.9. The third kappa shape index (κ3) is 4.23. The number of rotatable bonds is 5. The van der Waals surface area contributed by atoms with Crippen LogP contribution < -0.4 is 9.99 Å². The van der Waals surface area contributed by atoms with Gasteiger partial charge in [0, 0.05) is 31.7 Å². The van der Waals surface area contributed by atoms with Crippen molar-refractivity contribution in [3.63, 3.8) is 0 Å². The molecular weight excluding hydrogens is 464 g/mol. The number of anilines is 1. The molecule has 1 aliphatic rings. The third-order valence-corrected chi connectivity index (χ3v) is 8.38. The first-order chi connectivity index (χ1) is 16.9. The fraction of sp³-hybridized carbons (Fsp3) is 0.231. The van der Waals surface area contributed by atoms with Gasteiger partial charge in [-0.05, 0) is 55.3 Å². The smallest absolute Gasteiger partial charge is 0.326 e. The van der Waals surface area contributed by atoms with Crippen molar-refractivity contribution in [2.75, 3.05) is 24.4 Å². The third-order valence-electron chi connectivity index (χ3n) is 6.60. The number of piperidine rings is 1. The normalized spacial score (nSPS) is 14.8. The van der Waals surface area contributed by atoms with Gasteiger partial charge in [0.25, 0.3) is 15.9 Å². The summed E-state index contributed by atoms with van der Waals surface area (Å²) in [4.78, 5) is 30.4. The van der Waals surface area contributed by atoms with Gasteiger partial charge in [-0.15, -0.1) is 0 Å². The van der Waals surface area contributed by atoms with E-state index in [1.165, 1.54) is 23.5 Å². The summed E-state index contributed by atoms with van der Waals surface area (Å²) in [5.74, 6) is -0.214. The minimum atomic E-state index is -3.82. The summed E-state index contributed by atoms with van der Waals surface area (Å²) >= 11 is 0. The first-order valence-corrected chi connectivity index (χ1v) is 12.9. The van der Waals surface area contributed by atoms with Gasteiger partial charge in [-0.3, -0.25) is 13.7 Å². The highest BCUT2D eigenvalue weighted by Gasteiger charge is 2.28. The van der Waals surface area contributed by atoms with E-state index < -0.39 is 10.0 Å². The van der Waals surface area contributed by atoms with Gasteiger partial charge in [0.2, 0.25) is 0 Å². The van der Waals surface area contributed by atoms with Gasteiger partial charge in [-0.2, -0.15) is 0 Å². The van der Waals surface area contributed by atoms with E-state index in [2.05, 4.69) is 4.98 Å². The summed E-state index contributed by atoms with van der Waals surface area (Å²) in [6.07, 6.45) is 1.28. The van der Waals surface area contributed by atoms with Crippen molar-refractivity contribution in [2.24, 2.45) is 0 Å². The number of hydrogen-bond acceptors (Lipinski definition) is 4. The molecule has 1 aliphatic heterocycles. The second-order valence-electron chi connectivity index (χ2n) is 8.68. The molecule has 1 fully saturated rings. The van der Waals surface area contributed by atoms with E-state index in [4.69, 9.17) is 0 Å². The number of para-hydroxylation sites is 3. The zero-order chi connectivity index (χ0) is 24.6. The van der Waals surface area contributed by atoms with Crippen molar-refractivity contribution < 1.29 is 13.2 Å². The van der Waals surface area contributed by atoms with Crippen LogP contribution >= 0.6 is 0 Å². The number of imidazole rings is 1. The van der Waals surface area contributed by atoms with Crippen molar-refractivity contribution in [3.05, 3.63) is 94.9 Å². The number of sulfonamides is 1. The number of hydrogen-bond donors (Lipinski definition) is 1. The fourth-order valence-corrected chi connectivity index (χ4v) is 5.91. The minimum absolute atomic E-state index is 0.00562. The summed E-state index contributed by atoms with van der Waals surface area (Å²) in [7, 11) is -2.33. The van der Waals surface area contributed by atoms with Crippen LogP contribution in [0.25, 0.3) is 11.0 Å². The lowest BCUT2D eigenvalue weighted by Gasteiger charge is -2.32. The lowest BCUT2D eigenvalue weighted by molar-refractivity contribution is 0.0694. The van der Waals surface area contributed by atoms with Crippen LogP contribution in [0.4, 0.5) is 5.69 Å². The largest absolute Gasteiger partial charge is 0.338 e. The van der Waals surface area contributed by atoms with Crippen LogP contribution in [0.15, 0.2) is 88.6 Å². The predicted molar refractivity (Wildman–Crippen MR) is 135 cm³/mol. The van der Waals surface area contributed by atoms with Gasteiger partial charge < -0.3 is 9.88 Å². The Morgan fingerprint density at radius 1 is 0.943 bits per heavy atom. The maximum absolute atomic E-state index is 13.2. The standard InChI is InChI=1S/C26H26N4O4S/c1-28(20-9-3-2-4-10-20)35(33,34)22-11-7-8-19(18-22)25(31)29-16-14-21(15-17-29)30-24-13-6-5-12-23(24)27-26(30)32/h2-13,18,21H,14-17H2,1H3,(H,27,32). The molecule has 1 amide bonds. The summed E-state index contributed by atoms with van der Waals surface area (Å²) in [6, 6.07) is 22.6. The summed E-state index contributed by atoms with van der Waals surface area (Å²) in [6.45, 7) is 0.965. The Bertz CT molecular complexity index is 1530. The van der Waals surface area contributed by atoms with Gasteiger partial charge in [-0.1, -0.05) is 36.4 Å². The summed E-state index contributed by atoms with van der Waals surface area (Å²) < 4.78 is 29.3. The Hall–Kier alpha value is -3.85. The van der Waals surface area contributed by atoms with E-state index in [-0.39, 0.29) is 22.5 Å². The topological polar surface area (TPSA) is 95.5 Å². The van der Waals surface area contributed by atoms with Crippen LogP contribution in [0.2, 0.25) is 0 Å². The first-order valence-electron chi connectivity index (χ1n) is 11.5. The van der Waals surface area contributed by atoms with Crippen molar-refractivity contribution >= 4 is 32.7 Å².